The Labute approximate surface area is 256 Å². The van der Waals surface area contributed by atoms with Crippen molar-refractivity contribution in [2.24, 2.45) is 17.2 Å². The van der Waals surface area contributed by atoms with Crippen molar-refractivity contribution >= 4 is 23.1 Å². The quantitative estimate of drug-likeness (QED) is 0.115. The Bertz CT molecular complexity index is 1630. The number of aromatic hydroxyl groups is 1. The lowest BCUT2D eigenvalue weighted by Crippen LogP contribution is -2.29. The summed E-state index contributed by atoms with van der Waals surface area (Å²) in [7, 11) is 0. The highest BCUT2D eigenvalue weighted by molar-refractivity contribution is 5.93. The van der Waals surface area contributed by atoms with Gasteiger partial charge in [-0.3, -0.25) is 4.79 Å². The topological polar surface area (TPSA) is 213 Å². The van der Waals surface area contributed by atoms with Gasteiger partial charge in [-0.2, -0.15) is 5.10 Å². The lowest BCUT2D eigenvalue weighted by atomic mass is 10.1. The van der Waals surface area contributed by atoms with E-state index in [1.165, 1.54) is 10.7 Å². The number of phenols is 1. The monoisotopic (exact) mass is 597 g/mol. The van der Waals surface area contributed by atoms with Gasteiger partial charge >= 0.3 is 0 Å². The Balaban J connectivity index is 0.000000240. The molecule has 3 heterocycles. The van der Waals surface area contributed by atoms with Gasteiger partial charge in [0.25, 0.3) is 5.91 Å². The third-order valence-electron chi connectivity index (χ3n) is 6.10. The van der Waals surface area contributed by atoms with Gasteiger partial charge in [0.15, 0.2) is 11.3 Å². The Morgan fingerprint density at radius 3 is 2.55 bits per heavy atom. The van der Waals surface area contributed by atoms with Gasteiger partial charge in [0.05, 0.1) is 12.2 Å². The average molecular weight is 598 g/mol. The maximum absolute atomic E-state index is 11.9. The number of fused-ring (bicyclic) bond motifs is 1. The number of hydrogen-bond donors (Lipinski definition) is 6. The second-order valence-corrected chi connectivity index (χ2v) is 9.54. The Morgan fingerprint density at radius 1 is 1.07 bits per heavy atom. The number of benzene rings is 1. The van der Waals surface area contributed by atoms with Crippen molar-refractivity contribution < 1.29 is 9.90 Å². The highest BCUT2D eigenvalue weighted by Crippen LogP contribution is 2.23. The Kier molecular flexibility index (Phi) is 12.4. The number of rotatable bonds is 10. The molecule has 0 fully saturated rings. The molecule has 3 aromatic heterocycles. The van der Waals surface area contributed by atoms with Crippen LogP contribution in [0.5, 0.6) is 5.75 Å². The second-order valence-electron chi connectivity index (χ2n) is 9.54. The van der Waals surface area contributed by atoms with Gasteiger partial charge in [-0.15, -0.1) is 0 Å². The van der Waals surface area contributed by atoms with Crippen LogP contribution in [-0.2, 0) is 0 Å². The summed E-state index contributed by atoms with van der Waals surface area (Å²) < 4.78 is 1.53. The number of aromatic nitrogens is 5. The number of phenolic OH excluding ortho intramolecular Hbond substituents is 1. The Morgan fingerprint density at radius 2 is 1.86 bits per heavy atom. The van der Waals surface area contributed by atoms with Gasteiger partial charge in [-0.1, -0.05) is 38.3 Å². The molecule has 1 amide bonds. The van der Waals surface area contributed by atoms with Gasteiger partial charge in [0.2, 0.25) is 5.82 Å². The van der Waals surface area contributed by atoms with Crippen LogP contribution in [-0.4, -0.2) is 60.1 Å². The number of nitrogens with two attached hydrogens (primary N) is 4. The van der Waals surface area contributed by atoms with Crippen molar-refractivity contribution in [2.45, 2.75) is 33.1 Å². The predicted octanol–water partition coefficient (Wildman–Crippen LogP) is 2.17. The minimum absolute atomic E-state index is 0.141. The van der Waals surface area contributed by atoms with Gasteiger partial charge in [-0.25, -0.2) is 19.5 Å². The van der Waals surface area contributed by atoms with Crippen LogP contribution in [0.2, 0.25) is 0 Å². The molecule has 0 aliphatic carbocycles. The molecule has 10 N–H and O–H groups in total. The number of anilines is 1. The van der Waals surface area contributed by atoms with Crippen molar-refractivity contribution in [2.75, 3.05) is 25.4 Å². The summed E-state index contributed by atoms with van der Waals surface area (Å²) in [6.45, 7) is 6.14. The van der Waals surface area contributed by atoms with Crippen molar-refractivity contribution in [3.05, 3.63) is 95.7 Å². The number of amides is 1. The van der Waals surface area contributed by atoms with Crippen molar-refractivity contribution in [3.63, 3.8) is 0 Å². The van der Waals surface area contributed by atoms with Crippen molar-refractivity contribution in [1.29, 1.82) is 0 Å². The molecule has 4 rings (SSSR count). The van der Waals surface area contributed by atoms with E-state index in [-0.39, 0.29) is 29.7 Å². The summed E-state index contributed by atoms with van der Waals surface area (Å²) in [4.78, 5) is 26.1. The number of nitrogen functional groups attached to an aromatic ring is 1. The smallest absolute Gasteiger partial charge is 0.272 e. The minimum Gasteiger partial charge on any atom is -0.507 e. The first-order chi connectivity index (χ1) is 21.2. The number of para-hydroxylation sites is 1. The van der Waals surface area contributed by atoms with Gasteiger partial charge in [0, 0.05) is 49.0 Å². The molecule has 0 saturated heterocycles. The molecule has 13 heteroatoms. The van der Waals surface area contributed by atoms with Crippen LogP contribution in [0.15, 0.2) is 78.6 Å². The number of carbonyl (C=O) groups is 1. The summed E-state index contributed by atoms with van der Waals surface area (Å²) in [6.07, 6.45) is 9.76. The summed E-state index contributed by atoms with van der Waals surface area (Å²) in [6, 6.07) is 11.9. The van der Waals surface area contributed by atoms with Crippen LogP contribution in [0.1, 0.15) is 55.0 Å². The average Bonchev–Trinajstić information content (AvgIpc) is 3.45. The van der Waals surface area contributed by atoms with Crippen molar-refractivity contribution in [3.8, 4) is 17.6 Å². The van der Waals surface area contributed by atoms with E-state index in [1.807, 2.05) is 6.07 Å². The molecule has 230 valence electrons. The maximum atomic E-state index is 11.9. The van der Waals surface area contributed by atoms with E-state index in [0.29, 0.717) is 28.5 Å². The predicted molar refractivity (Wildman–Crippen MR) is 171 cm³/mol. The van der Waals surface area contributed by atoms with Crippen LogP contribution < -0.4 is 28.3 Å². The lowest BCUT2D eigenvalue weighted by molar-refractivity contribution is 0.0953. The number of allylic oxidation sites excluding steroid dienone is 1. The van der Waals surface area contributed by atoms with Gasteiger partial charge in [-0.05, 0) is 49.1 Å². The van der Waals surface area contributed by atoms with Crippen LogP contribution in [0, 0.1) is 11.8 Å². The number of nitrogens with one attached hydrogen (secondary N) is 1. The standard InChI is InChI=1S/C17H28N4O.C14H11N7O/c1-3-5-11-21(10-4-2)15(17(19)20)12-14(18)13-8-6-7-9-16(13)22;15-11-4-7-16-12(19-11)3-1-5-18-14(22)10-9-13-17-6-2-8-21(13)20-10/h6-9,12,22H,3-5,10-11,18-20H2,1-2H3;2,4,6-9H,5H2,(H,18,22)(H2,15,16,19)/b14-12-;. The largest absolute Gasteiger partial charge is 0.507 e. The van der Waals surface area contributed by atoms with E-state index in [4.69, 9.17) is 22.9 Å². The molecular formula is C31H39N11O2. The summed E-state index contributed by atoms with van der Waals surface area (Å²) in [5, 5.41) is 16.7. The zero-order chi connectivity index (χ0) is 31.9. The highest BCUT2D eigenvalue weighted by Gasteiger charge is 2.12. The minimum atomic E-state index is -0.326. The lowest BCUT2D eigenvalue weighted by Gasteiger charge is -2.26. The maximum Gasteiger partial charge on any atom is 0.272 e. The highest BCUT2D eigenvalue weighted by atomic mass is 16.3. The molecule has 0 aliphatic rings. The molecule has 1 aromatic carbocycles. The number of carbonyl (C=O) groups excluding carboxylic acids is 1. The molecule has 4 aromatic rings. The van der Waals surface area contributed by atoms with Gasteiger partial charge in [0.1, 0.15) is 17.4 Å². The van der Waals surface area contributed by atoms with E-state index in [1.54, 1.807) is 54.9 Å². The molecule has 0 saturated carbocycles. The fraction of sp³-hybridized carbons (Fsp3) is 0.258. The Hall–Kier alpha value is -5.77. The molecule has 0 spiro atoms. The molecule has 0 radical (unpaired) electrons. The van der Waals surface area contributed by atoms with Crippen LogP contribution >= 0.6 is 0 Å². The third kappa shape index (κ3) is 9.66. The zero-order valence-electron chi connectivity index (χ0n) is 24.9. The van der Waals surface area contributed by atoms with E-state index in [2.05, 4.69) is 56.0 Å². The molecule has 44 heavy (non-hydrogen) atoms. The fourth-order valence-corrected chi connectivity index (χ4v) is 3.98. The first-order valence-corrected chi connectivity index (χ1v) is 14.1. The SMILES string of the molecule is CCCCN(CCC)C(/C=C(\N)c1ccccc1O)=C(N)N.Nc1ccnc(C#CCNC(=O)c2cc3ncccn3n2)n1. The van der Waals surface area contributed by atoms with E-state index in [0.717, 1.165) is 38.0 Å². The normalized spacial score (nSPS) is 10.6. The summed E-state index contributed by atoms with van der Waals surface area (Å²) in [5.41, 5.74) is 26.0. The third-order valence-corrected chi connectivity index (χ3v) is 6.10. The molecular weight excluding hydrogens is 558 g/mol. The van der Waals surface area contributed by atoms with E-state index in [9.17, 15) is 9.90 Å². The molecule has 0 unspecified atom stereocenters. The molecule has 0 atom stereocenters. The summed E-state index contributed by atoms with van der Waals surface area (Å²) >= 11 is 0. The molecule has 13 nitrogen and oxygen atoms in total. The van der Waals surface area contributed by atoms with Crippen molar-refractivity contribution in [1.82, 2.24) is 34.8 Å². The van der Waals surface area contributed by atoms with Crippen LogP contribution in [0.4, 0.5) is 5.82 Å². The number of nitrogens with zero attached hydrogens (tertiary/aromatic N) is 6. The molecule has 0 aliphatic heterocycles. The first kappa shape index (κ1) is 32.7. The van der Waals surface area contributed by atoms with Crippen LogP contribution in [0.3, 0.4) is 0 Å². The fourth-order valence-electron chi connectivity index (χ4n) is 3.98. The second kappa shape index (κ2) is 16.6. The van der Waals surface area contributed by atoms with Gasteiger partial charge < -0.3 is 38.3 Å². The molecule has 0 bridgehead atoms. The first-order valence-electron chi connectivity index (χ1n) is 14.1. The number of unbranched alkanes of at least 4 members (excludes halogenated alkanes) is 1. The zero-order valence-corrected chi connectivity index (χ0v) is 24.9. The van der Waals surface area contributed by atoms with E-state index < -0.39 is 0 Å². The number of hydrogen-bond acceptors (Lipinski definition) is 11. The summed E-state index contributed by atoms with van der Waals surface area (Å²) in [5.74, 6) is 6.18. The van der Waals surface area contributed by atoms with Crippen LogP contribution in [0.25, 0.3) is 11.3 Å². The van der Waals surface area contributed by atoms with E-state index >= 15 is 0 Å².